The number of nitrogens with one attached hydrogen (secondary N) is 1. The fourth-order valence-electron chi connectivity index (χ4n) is 2.08. The molecule has 0 aliphatic rings. The number of hydrogen-bond donors (Lipinski definition) is 2. The van der Waals surface area contributed by atoms with Crippen LogP contribution in [0.1, 0.15) is 24.5 Å². The molecule has 2 N–H and O–H groups in total. The molecule has 0 aliphatic heterocycles. The molecule has 0 bridgehead atoms. The van der Waals surface area contributed by atoms with E-state index in [4.69, 9.17) is 11.8 Å². The van der Waals surface area contributed by atoms with Crippen LogP contribution in [0, 0.1) is 24.0 Å². The van der Waals surface area contributed by atoms with Crippen molar-refractivity contribution >= 4 is 17.3 Å². The van der Waals surface area contributed by atoms with Crippen molar-refractivity contribution in [3.63, 3.8) is 0 Å². The minimum Gasteiger partial charge on any atom is -0.380 e. The van der Waals surface area contributed by atoms with Crippen molar-refractivity contribution in [2.75, 3.05) is 5.32 Å². The quantitative estimate of drug-likeness (QED) is 0.748. The molecule has 0 aliphatic carbocycles. The molecule has 0 aromatic heterocycles. The van der Waals surface area contributed by atoms with Crippen molar-refractivity contribution < 1.29 is 42.6 Å². The molecule has 1 amide bonds. The monoisotopic (exact) mass is 407 g/mol. The van der Waals surface area contributed by atoms with Gasteiger partial charge in [0.1, 0.15) is 5.60 Å². The fraction of sp³-hybridized carbons (Fsp3) is 0.211. The summed E-state index contributed by atoms with van der Waals surface area (Å²) in [5.41, 5.74) is 0.817. The minimum atomic E-state index is -1.54. The molecule has 0 fully saturated rings. The third-order valence-electron chi connectivity index (χ3n) is 3.65. The molecule has 2 aromatic carbocycles. The Kier molecular flexibility index (Phi) is 7.93. The number of nitrogens with zero attached hydrogens (tertiary/aromatic N) is 2. The summed E-state index contributed by atoms with van der Waals surface area (Å²) in [4.78, 5) is 15.5. The Morgan fingerprint density at radius 1 is 1.36 bits per heavy atom. The second-order valence-electron chi connectivity index (χ2n) is 5.61. The van der Waals surface area contributed by atoms with Crippen LogP contribution in [0.5, 0.6) is 0 Å². The second kappa shape index (κ2) is 9.44. The number of amides is 1. The third-order valence-corrected chi connectivity index (χ3v) is 3.65. The Balaban J connectivity index is 0.00000312. The zero-order valence-electron chi connectivity index (χ0n) is 13.8. The van der Waals surface area contributed by atoms with Gasteiger partial charge in [-0.1, -0.05) is 17.8 Å². The van der Waals surface area contributed by atoms with E-state index in [9.17, 15) is 9.90 Å². The van der Waals surface area contributed by atoms with E-state index in [0.717, 1.165) is 5.56 Å². The van der Waals surface area contributed by atoms with Crippen LogP contribution in [0.3, 0.4) is 0 Å². The largest absolute Gasteiger partial charge is 0.380 e. The Morgan fingerprint density at radius 2 is 2.04 bits per heavy atom. The van der Waals surface area contributed by atoms with Crippen LogP contribution in [0.25, 0.3) is 4.85 Å². The molecule has 6 heteroatoms. The van der Waals surface area contributed by atoms with Gasteiger partial charge in [-0.15, -0.1) is 0 Å². The SMILES string of the molecule is [C-]#[N+]c1[c-]cc(NC(=O)[C@@](C)(O)CCc2ccc(C#N)cc2)cc1.[Y]. The molecule has 0 unspecified atom stereocenters. The molecular weight excluding hydrogens is 391 g/mol. The summed E-state index contributed by atoms with van der Waals surface area (Å²) in [5.74, 6) is -0.514. The summed E-state index contributed by atoms with van der Waals surface area (Å²) < 4.78 is 0. The van der Waals surface area contributed by atoms with E-state index in [2.05, 4.69) is 16.2 Å². The number of aliphatic hydroxyl groups is 1. The molecule has 2 rings (SSSR count). The number of nitriles is 1. The molecule has 5 nitrogen and oxygen atoms in total. The molecule has 0 spiro atoms. The average molecular weight is 407 g/mol. The Hall–Kier alpha value is -2.05. The molecule has 2 aromatic rings. The Morgan fingerprint density at radius 3 is 2.56 bits per heavy atom. The smallest absolute Gasteiger partial charge is 0.245 e. The van der Waals surface area contributed by atoms with E-state index >= 15 is 0 Å². The third kappa shape index (κ3) is 6.07. The van der Waals surface area contributed by atoms with Crippen molar-refractivity contribution in [2.24, 2.45) is 0 Å². The van der Waals surface area contributed by atoms with Gasteiger partial charge in [0.05, 0.1) is 23.9 Å². The number of hydrogen-bond acceptors (Lipinski definition) is 3. The van der Waals surface area contributed by atoms with E-state index in [-0.39, 0.29) is 39.1 Å². The molecule has 123 valence electrons. The second-order valence-corrected chi connectivity index (χ2v) is 5.61. The van der Waals surface area contributed by atoms with Crippen LogP contribution in [-0.4, -0.2) is 16.6 Å². The summed E-state index contributed by atoms with van der Waals surface area (Å²) in [6.45, 7) is 8.33. The van der Waals surface area contributed by atoms with Gasteiger partial charge < -0.3 is 10.4 Å². The average Bonchev–Trinajstić information content (AvgIpc) is 2.61. The number of anilines is 1. The maximum absolute atomic E-state index is 12.2. The first-order valence-electron chi connectivity index (χ1n) is 7.37. The first kappa shape index (κ1) is 21.0. The predicted octanol–water partition coefficient (Wildman–Crippen LogP) is 3.23. The van der Waals surface area contributed by atoms with Gasteiger partial charge in [-0.05, 0) is 37.5 Å². The van der Waals surface area contributed by atoms with Crippen LogP contribution >= 0.6 is 0 Å². The summed E-state index contributed by atoms with van der Waals surface area (Å²) in [6, 6.07) is 16.5. The van der Waals surface area contributed by atoms with Crippen molar-refractivity contribution in [1.82, 2.24) is 0 Å². The predicted molar refractivity (Wildman–Crippen MR) is 90.3 cm³/mol. The van der Waals surface area contributed by atoms with Gasteiger partial charge in [0.25, 0.3) is 0 Å². The molecule has 0 saturated carbocycles. The Bertz CT molecular complexity index is 801. The van der Waals surface area contributed by atoms with Crippen molar-refractivity contribution in [1.29, 1.82) is 5.26 Å². The van der Waals surface area contributed by atoms with Gasteiger partial charge in [0.15, 0.2) is 0 Å². The van der Waals surface area contributed by atoms with Gasteiger partial charge in [0, 0.05) is 32.7 Å². The Labute approximate surface area is 172 Å². The first-order valence-corrected chi connectivity index (χ1v) is 7.37. The fourth-order valence-corrected chi connectivity index (χ4v) is 2.08. The van der Waals surface area contributed by atoms with Gasteiger partial charge in [-0.3, -0.25) is 9.64 Å². The van der Waals surface area contributed by atoms with Gasteiger partial charge in [-0.2, -0.15) is 29.5 Å². The van der Waals surface area contributed by atoms with Crippen LogP contribution in [0.15, 0.2) is 42.5 Å². The summed E-state index contributed by atoms with van der Waals surface area (Å²) in [6.07, 6.45) is 0.753. The zero-order valence-corrected chi connectivity index (χ0v) is 16.6. The van der Waals surface area contributed by atoms with Crippen molar-refractivity contribution in [2.45, 2.75) is 25.4 Å². The van der Waals surface area contributed by atoms with E-state index in [1.54, 1.807) is 24.3 Å². The molecule has 0 heterocycles. The maximum atomic E-state index is 12.2. The number of carbonyl (C=O) groups is 1. The summed E-state index contributed by atoms with van der Waals surface area (Å²) >= 11 is 0. The van der Waals surface area contributed by atoms with Crippen molar-refractivity contribution in [3.8, 4) is 6.07 Å². The number of rotatable bonds is 5. The normalized spacial score (nSPS) is 12.0. The minimum absolute atomic E-state index is 0. The van der Waals surface area contributed by atoms with E-state index in [1.165, 1.54) is 13.0 Å². The molecule has 1 radical (unpaired) electrons. The van der Waals surface area contributed by atoms with Crippen LogP contribution in [0.4, 0.5) is 11.4 Å². The number of benzene rings is 2. The van der Waals surface area contributed by atoms with Crippen molar-refractivity contribution in [3.05, 3.63) is 71.1 Å². The van der Waals surface area contributed by atoms with Gasteiger partial charge in [0.2, 0.25) is 5.91 Å². The van der Waals surface area contributed by atoms with Crippen LogP contribution in [-0.2, 0) is 43.9 Å². The maximum Gasteiger partial charge on any atom is 0.245 e. The summed E-state index contributed by atoms with van der Waals surface area (Å²) in [7, 11) is 0. The summed E-state index contributed by atoms with van der Waals surface area (Å²) in [5, 5.41) is 21.8. The van der Waals surface area contributed by atoms with Crippen LogP contribution in [0.2, 0.25) is 0 Å². The number of carbonyl (C=O) groups excluding carboxylic acids is 1. The standard InChI is InChI=1S/C19H16N3O2.Y/c1-19(24,12-11-14-3-5-15(13-20)6-4-14)18(23)22-17-9-7-16(21-2)8-10-17;/h3-7,9-10,24H,11-12H2,1H3,(H,22,23);/q-1;/t19-;/m0./s1. The molecule has 1 atom stereocenters. The topological polar surface area (TPSA) is 77.5 Å². The van der Waals surface area contributed by atoms with Crippen LogP contribution < -0.4 is 5.32 Å². The molecule has 25 heavy (non-hydrogen) atoms. The number of aryl methyl sites for hydroxylation is 1. The van der Waals surface area contributed by atoms with E-state index in [0.29, 0.717) is 23.4 Å². The molecular formula is C19H16N3O2Y-. The zero-order chi connectivity index (χ0) is 17.6. The van der Waals surface area contributed by atoms with Gasteiger partial charge in [-0.25, -0.2) is 0 Å². The first-order chi connectivity index (χ1) is 11.4. The molecule has 0 saturated heterocycles. The van der Waals surface area contributed by atoms with Gasteiger partial charge >= 0.3 is 0 Å². The van der Waals surface area contributed by atoms with E-state index < -0.39 is 11.5 Å². The van der Waals surface area contributed by atoms with E-state index in [1.807, 2.05) is 18.2 Å².